The summed E-state index contributed by atoms with van der Waals surface area (Å²) in [5, 5.41) is 7.74. The van der Waals surface area contributed by atoms with E-state index in [0.717, 1.165) is 5.46 Å². The maximum absolute atomic E-state index is 6.38. The molecule has 0 spiro atoms. The Labute approximate surface area is 243 Å². The molecule has 0 N–H and O–H groups in total. The fourth-order valence-electron chi connectivity index (χ4n) is 5.37. The molecule has 0 amide bonds. The van der Waals surface area contributed by atoms with Crippen molar-refractivity contribution in [3.63, 3.8) is 0 Å². The highest BCUT2D eigenvalue weighted by molar-refractivity contribution is 7.26. The van der Waals surface area contributed by atoms with Gasteiger partial charge in [-0.1, -0.05) is 48.5 Å². The molecule has 0 unspecified atom stereocenters. The van der Waals surface area contributed by atoms with Crippen LogP contribution in [0.1, 0.15) is 27.7 Å². The van der Waals surface area contributed by atoms with Gasteiger partial charge in [0.1, 0.15) is 0 Å². The molecule has 5 heteroatoms. The Kier molecular flexibility index (Phi) is 6.06. The van der Waals surface area contributed by atoms with Gasteiger partial charge in [-0.05, 0) is 103 Å². The van der Waals surface area contributed by atoms with Crippen molar-refractivity contribution in [2.24, 2.45) is 0 Å². The SMILES string of the molecule is COC(C)(C)C(C)(C)O[B]c1cccc2sc3ccc(-c4ccc5sc6cc7ccccc7cc6c5c4)cc3c12. The number of rotatable bonds is 6. The number of ether oxygens (including phenoxy) is 1. The fraction of sp³-hybridized carbons (Fsp3) is 0.200. The first-order valence-corrected chi connectivity index (χ1v) is 15.2. The molecule has 0 bridgehead atoms. The molecule has 0 fully saturated rings. The van der Waals surface area contributed by atoms with E-state index in [1.54, 1.807) is 7.11 Å². The van der Waals surface area contributed by atoms with E-state index in [0.29, 0.717) is 0 Å². The quantitative estimate of drug-likeness (QED) is 0.190. The Hall–Kier alpha value is -3.22. The number of hydrogen-bond acceptors (Lipinski definition) is 4. The van der Waals surface area contributed by atoms with Crippen molar-refractivity contribution in [1.29, 1.82) is 0 Å². The zero-order valence-electron chi connectivity index (χ0n) is 23.4. The third-order valence-electron chi connectivity index (χ3n) is 8.64. The largest absolute Gasteiger partial charge is 0.427 e. The van der Waals surface area contributed by atoms with E-state index in [9.17, 15) is 0 Å². The molecule has 0 aliphatic rings. The zero-order valence-corrected chi connectivity index (χ0v) is 25.0. The van der Waals surface area contributed by atoms with E-state index < -0.39 is 11.2 Å². The summed E-state index contributed by atoms with van der Waals surface area (Å²) in [7, 11) is 3.65. The molecule has 7 rings (SSSR count). The van der Waals surface area contributed by atoms with Crippen LogP contribution < -0.4 is 5.46 Å². The summed E-state index contributed by atoms with van der Waals surface area (Å²) >= 11 is 3.70. The van der Waals surface area contributed by atoms with Crippen molar-refractivity contribution in [2.75, 3.05) is 7.11 Å². The predicted molar refractivity (Wildman–Crippen MR) is 177 cm³/mol. The second-order valence-corrected chi connectivity index (χ2v) is 13.7. The first-order chi connectivity index (χ1) is 19.2. The number of thiophene rings is 2. The molecule has 0 aliphatic carbocycles. The minimum atomic E-state index is -0.495. The molecule has 0 saturated heterocycles. The normalized spacial score (nSPS) is 12.8. The van der Waals surface area contributed by atoms with Crippen LogP contribution in [-0.2, 0) is 9.39 Å². The number of hydrogen-bond donors (Lipinski definition) is 0. The Morgan fingerprint density at radius 1 is 0.575 bits per heavy atom. The Balaban J connectivity index is 1.32. The van der Waals surface area contributed by atoms with Gasteiger partial charge in [-0.15, -0.1) is 22.7 Å². The number of methoxy groups -OCH3 is 1. The average molecular weight is 558 g/mol. The van der Waals surface area contributed by atoms with Gasteiger partial charge in [-0.3, -0.25) is 0 Å². The molecule has 5 aromatic carbocycles. The van der Waals surface area contributed by atoms with Crippen molar-refractivity contribution >= 4 is 86.7 Å². The van der Waals surface area contributed by atoms with Crippen LogP contribution in [0.4, 0.5) is 0 Å². The van der Waals surface area contributed by atoms with Crippen molar-refractivity contribution < 1.29 is 9.39 Å². The van der Waals surface area contributed by atoms with E-state index in [1.807, 2.05) is 30.2 Å². The van der Waals surface area contributed by atoms with Gasteiger partial charge in [-0.2, -0.15) is 0 Å². The lowest BCUT2D eigenvalue weighted by atomic mass is 9.80. The van der Waals surface area contributed by atoms with Crippen LogP contribution >= 0.6 is 22.7 Å². The highest BCUT2D eigenvalue weighted by atomic mass is 32.1. The molecule has 0 saturated carbocycles. The van der Waals surface area contributed by atoms with E-state index in [4.69, 9.17) is 9.39 Å². The average Bonchev–Trinajstić information content (AvgIpc) is 3.51. The lowest BCUT2D eigenvalue weighted by Gasteiger charge is -2.40. The maximum Gasteiger partial charge on any atom is 0.331 e. The standard InChI is InChI=1S/C35H30BO2S2/c1-34(2,37-5)35(3,4)38-36-28-11-8-12-31-33(28)27-19-24(14-16-30(27)39-31)23-13-15-29-25(18-23)26-17-21-9-6-7-10-22(21)20-32(26)40-29/h6-20H,1-5H3. The minimum Gasteiger partial charge on any atom is -0.427 e. The fourth-order valence-corrected chi connectivity index (χ4v) is 7.61. The topological polar surface area (TPSA) is 18.5 Å². The maximum atomic E-state index is 6.38. The van der Waals surface area contributed by atoms with Crippen LogP contribution in [0.2, 0.25) is 0 Å². The first-order valence-electron chi connectivity index (χ1n) is 13.6. The third-order valence-corrected chi connectivity index (χ3v) is 10.9. The van der Waals surface area contributed by atoms with Crippen molar-refractivity contribution in [1.82, 2.24) is 0 Å². The van der Waals surface area contributed by atoms with Crippen molar-refractivity contribution in [2.45, 2.75) is 38.9 Å². The van der Waals surface area contributed by atoms with Crippen LogP contribution in [0.25, 0.3) is 62.2 Å². The predicted octanol–water partition coefficient (Wildman–Crippen LogP) is 9.71. The van der Waals surface area contributed by atoms with Gasteiger partial charge >= 0.3 is 7.48 Å². The summed E-state index contributed by atoms with van der Waals surface area (Å²) in [6, 6.07) is 33.5. The molecule has 0 atom stereocenters. The van der Waals surface area contributed by atoms with Crippen LogP contribution in [0.5, 0.6) is 0 Å². The van der Waals surface area contributed by atoms with Gasteiger partial charge in [0.25, 0.3) is 0 Å². The lowest BCUT2D eigenvalue weighted by Crippen LogP contribution is -2.50. The molecule has 7 aromatic rings. The van der Waals surface area contributed by atoms with E-state index in [2.05, 4.69) is 119 Å². The molecule has 40 heavy (non-hydrogen) atoms. The third kappa shape index (κ3) is 4.15. The highest BCUT2D eigenvalue weighted by Gasteiger charge is 2.38. The van der Waals surface area contributed by atoms with Crippen LogP contribution in [0, 0.1) is 0 Å². The van der Waals surface area contributed by atoms with Gasteiger partial charge in [0.2, 0.25) is 0 Å². The molecule has 1 radical (unpaired) electrons. The molecule has 0 aliphatic heterocycles. The molecular weight excluding hydrogens is 527 g/mol. The van der Waals surface area contributed by atoms with Crippen molar-refractivity contribution in [3.05, 3.63) is 91.0 Å². The van der Waals surface area contributed by atoms with Crippen molar-refractivity contribution in [3.8, 4) is 11.1 Å². The van der Waals surface area contributed by atoms with Crippen LogP contribution in [0.15, 0.2) is 91.0 Å². The Morgan fingerprint density at radius 3 is 1.93 bits per heavy atom. The second-order valence-electron chi connectivity index (χ2n) is 11.5. The molecule has 2 nitrogen and oxygen atoms in total. The molecule has 2 aromatic heterocycles. The summed E-state index contributed by atoms with van der Waals surface area (Å²) in [4.78, 5) is 0. The van der Waals surface area contributed by atoms with Gasteiger partial charge < -0.3 is 9.39 Å². The van der Waals surface area contributed by atoms with Gasteiger partial charge in [0.05, 0.1) is 11.2 Å². The Bertz CT molecular complexity index is 2070. The van der Waals surface area contributed by atoms with E-state index in [1.165, 1.54) is 62.2 Å². The van der Waals surface area contributed by atoms with Gasteiger partial charge in [0.15, 0.2) is 0 Å². The highest BCUT2D eigenvalue weighted by Crippen LogP contribution is 2.40. The molecular formula is C35H30BO2S2. The lowest BCUT2D eigenvalue weighted by molar-refractivity contribution is -0.114. The van der Waals surface area contributed by atoms with Crippen LogP contribution in [-0.4, -0.2) is 25.8 Å². The summed E-state index contributed by atoms with van der Waals surface area (Å²) in [5.41, 5.74) is 2.63. The summed E-state index contributed by atoms with van der Waals surface area (Å²) in [6.07, 6.45) is 0. The zero-order chi connectivity index (χ0) is 27.6. The molecule has 2 heterocycles. The Morgan fingerprint density at radius 2 is 1.20 bits per heavy atom. The number of fused-ring (bicyclic) bond motifs is 7. The summed E-state index contributed by atoms with van der Waals surface area (Å²) in [6.45, 7) is 8.27. The van der Waals surface area contributed by atoms with E-state index in [-0.39, 0.29) is 0 Å². The summed E-state index contributed by atoms with van der Waals surface area (Å²) < 4.78 is 17.3. The van der Waals surface area contributed by atoms with Crippen LogP contribution in [0.3, 0.4) is 0 Å². The summed E-state index contributed by atoms with van der Waals surface area (Å²) in [5.74, 6) is 0. The van der Waals surface area contributed by atoms with Gasteiger partial charge in [-0.25, -0.2) is 0 Å². The monoisotopic (exact) mass is 557 g/mol. The van der Waals surface area contributed by atoms with E-state index >= 15 is 0 Å². The van der Waals surface area contributed by atoms with Gasteiger partial charge in [0, 0.05) is 42.1 Å². The molecule has 197 valence electrons. The minimum absolute atomic E-state index is 0.433. The second kappa shape index (κ2) is 9.42. The number of benzene rings is 5. The smallest absolute Gasteiger partial charge is 0.331 e. The first kappa shape index (κ1) is 25.7.